The quantitative estimate of drug-likeness (QED) is 0.149. The number of fused-ring (bicyclic) bond motifs is 8. The third-order valence-electron chi connectivity index (χ3n) is 13.7. The Morgan fingerprint density at radius 1 is 0.279 bits per heavy atom. The maximum atomic E-state index is 7.37. The average molecular weight is 872 g/mol. The molecule has 4 aliphatic heterocycles. The lowest BCUT2D eigenvalue weighted by Gasteiger charge is -2.41. The lowest BCUT2D eigenvalue weighted by molar-refractivity contribution is 0.462. The molecule has 4 aliphatic rings. The van der Waals surface area contributed by atoms with Crippen molar-refractivity contribution in [3.8, 4) is 34.5 Å². The molecule has 0 saturated carbocycles. The lowest BCUT2D eigenvalue weighted by Crippen LogP contribution is -2.61. The van der Waals surface area contributed by atoms with Crippen molar-refractivity contribution < 1.29 is 14.2 Å². The van der Waals surface area contributed by atoms with Crippen LogP contribution in [0.25, 0.3) is 0 Å². The predicted molar refractivity (Wildman–Crippen MR) is 279 cm³/mol. The molecule has 0 spiro atoms. The van der Waals surface area contributed by atoms with Crippen LogP contribution in [0.5, 0.6) is 34.5 Å². The number of nitrogens with zero attached hydrogens (tertiary/aromatic N) is 3. The first-order valence-electron chi connectivity index (χ1n) is 23.1. The van der Waals surface area contributed by atoms with E-state index in [9.17, 15) is 0 Å². The molecule has 0 fully saturated rings. The SMILES string of the molecule is c1ccc(N(c2ccccc2)c2cc3c4c(c2)Oc2cc5c(cc2B4c2ccccc2O3)Oc2cc(N(c3ccccc3)c3ccccc3)cc3c2B5c2ccccc2N3c2ccccc2)cc1. The van der Waals surface area contributed by atoms with Gasteiger partial charge in [-0.1, -0.05) is 127 Å². The van der Waals surface area contributed by atoms with Crippen molar-refractivity contribution in [2.75, 3.05) is 14.7 Å². The molecule has 0 bridgehead atoms. The Kier molecular flexibility index (Phi) is 8.68. The molecule has 10 aromatic rings. The van der Waals surface area contributed by atoms with Crippen LogP contribution in [0.4, 0.5) is 51.2 Å². The van der Waals surface area contributed by atoms with E-state index < -0.39 is 0 Å². The van der Waals surface area contributed by atoms with Gasteiger partial charge in [-0.25, -0.2) is 0 Å². The fourth-order valence-electron chi connectivity index (χ4n) is 10.9. The van der Waals surface area contributed by atoms with E-state index in [2.05, 4.69) is 233 Å². The van der Waals surface area contributed by atoms with Crippen LogP contribution in [0.3, 0.4) is 0 Å². The maximum Gasteiger partial charge on any atom is 0.260 e. The maximum absolute atomic E-state index is 7.37. The van der Waals surface area contributed by atoms with Crippen LogP contribution in [0.1, 0.15) is 0 Å². The van der Waals surface area contributed by atoms with E-state index in [4.69, 9.17) is 14.2 Å². The van der Waals surface area contributed by atoms with Gasteiger partial charge >= 0.3 is 0 Å². The van der Waals surface area contributed by atoms with Gasteiger partial charge in [0.2, 0.25) is 0 Å². The Morgan fingerprint density at radius 2 is 0.676 bits per heavy atom. The zero-order valence-corrected chi connectivity index (χ0v) is 36.7. The second kappa shape index (κ2) is 15.4. The monoisotopic (exact) mass is 871 g/mol. The molecule has 4 heterocycles. The van der Waals surface area contributed by atoms with Crippen LogP contribution < -0.4 is 61.7 Å². The normalized spacial score (nSPS) is 13.0. The van der Waals surface area contributed by atoms with Crippen molar-refractivity contribution in [1.29, 1.82) is 0 Å². The highest BCUT2D eigenvalue weighted by Crippen LogP contribution is 2.47. The molecule has 0 aromatic heterocycles. The summed E-state index contributed by atoms with van der Waals surface area (Å²) in [6.45, 7) is -0.317. The van der Waals surface area contributed by atoms with Gasteiger partial charge in [-0.15, -0.1) is 0 Å². The molecule has 6 nitrogen and oxygen atoms in total. The van der Waals surface area contributed by atoms with Crippen molar-refractivity contribution in [3.63, 3.8) is 0 Å². The molecule has 0 N–H and O–H groups in total. The minimum Gasteiger partial charge on any atom is -0.458 e. The van der Waals surface area contributed by atoms with E-state index in [0.717, 1.165) is 113 Å². The van der Waals surface area contributed by atoms with Gasteiger partial charge in [-0.2, -0.15) is 0 Å². The molecule has 10 aromatic carbocycles. The molecule has 0 radical (unpaired) electrons. The Balaban J connectivity index is 0.985. The summed E-state index contributed by atoms with van der Waals surface area (Å²) in [6.07, 6.45) is 0. The van der Waals surface area contributed by atoms with Crippen molar-refractivity contribution >= 4 is 97.4 Å². The number of anilines is 9. The van der Waals surface area contributed by atoms with Gasteiger partial charge in [0.05, 0.1) is 11.4 Å². The standard InChI is InChI=1S/C60H39B2N3O3/c1-6-20-40(21-7-1)63(41-22-8-2-9-23-41)45-34-52-59-56(35-45)67-54-39-50-55(38-49(54)61(59)47-30-16-18-32-51(47)65(52)44-28-14-5-15-29-44)68-58-37-46(36-57-60(58)62(50)48-31-17-19-33-53(48)66-57)64(42-24-10-3-11-25-42)43-26-12-4-13-27-43/h1-39H. The molecule has 0 amide bonds. The van der Waals surface area contributed by atoms with Crippen molar-refractivity contribution in [1.82, 2.24) is 0 Å². The fourth-order valence-corrected chi connectivity index (χ4v) is 10.9. The first-order valence-corrected chi connectivity index (χ1v) is 23.1. The average Bonchev–Trinajstić information content (AvgIpc) is 3.39. The highest BCUT2D eigenvalue weighted by Gasteiger charge is 2.46. The zero-order chi connectivity index (χ0) is 44.7. The highest BCUT2D eigenvalue weighted by molar-refractivity contribution is 7.00. The Bertz CT molecular complexity index is 3500. The number of ether oxygens (including phenoxy) is 3. The first kappa shape index (κ1) is 38.4. The first-order chi connectivity index (χ1) is 33.7. The number of benzene rings is 10. The molecule has 0 aliphatic carbocycles. The van der Waals surface area contributed by atoms with Crippen molar-refractivity contribution in [2.24, 2.45) is 0 Å². The third-order valence-corrected chi connectivity index (χ3v) is 13.7. The summed E-state index contributed by atoms with van der Waals surface area (Å²) >= 11 is 0. The number of hydrogen-bond acceptors (Lipinski definition) is 6. The number of para-hydroxylation sites is 7. The van der Waals surface area contributed by atoms with Gasteiger partial charge in [0.15, 0.2) is 0 Å². The molecular formula is C60H39B2N3O3. The van der Waals surface area contributed by atoms with E-state index in [1.54, 1.807) is 0 Å². The molecule has 0 atom stereocenters. The van der Waals surface area contributed by atoms with Crippen LogP contribution in [-0.2, 0) is 0 Å². The van der Waals surface area contributed by atoms with E-state index >= 15 is 0 Å². The molecule has 14 rings (SSSR count). The van der Waals surface area contributed by atoms with Gasteiger partial charge in [-0.3, -0.25) is 0 Å². The molecule has 0 saturated heterocycles. The molecule has 318 valence electrons. The summed E-state index contributed by atoms with van der Waals surface area (Å²) in [5.41, 5.74) is 15.9. The Morgan fingerprint density at radius 3 is 1.21 bits per heavy atom. The largest absolute Gasteiger partial charge is 0.458 e. The molecule has 0 unspecified atom stereocenters. The van der Waals surface area contributed by atoms with Crippen LogP contribution in [0.15, 0.2) is 237 Å². The summed E-state index contributed by atoms with van der Waals surface area (Å²) in [7, 11) is 0. The molecule has 8 heteroatoms. The van der Waals surface area contributed by atoms with Gasteiger partial charge in [0, 0.05) is 63.5 Å². The fraction of sp³-hybridized carbons (Fsp3) is 0. The minimum absolute atomic E-state index is 0.151. The summed E-state index contributed by atoms with van der Waals surface area (Å²) in [5.74, 6) is 4.80. The van der Waals surface area contributed by atoms with Crippen LogP contribution in [0, 0.1) is 0 Å². The number of hydrogen-bond donors (Lipinski definition) is 0. The highest BCUT2D eigenvalue weighted by atomic mass is 16.5. The smallest absolute Gasteiger partial charge is 0.260 e. The topological polar surface area (TPSA) is 37.4 Å². The van der Waals surface area contributed by atoms with Crippen LogP contribution in [0.2, 0.25) is 0 Å². The molecule has 68 heavy (non-hydrogen) atoms. The van der Waals surface area contributed by atoms with Crippen molar-refractivity contribution in [2.45, 2.75) is 0 Å². The summed E-state index contributed by atoms with van der Waals surface area (Å²) in [6, 6.07) is 83.4. The zero-order valence-electron chi connectivity index (χ0n) is 36.7. The van der Waals surface area contributed by atoms with Gasteiger partial charge in [-0.05, 0) is 118 Å². The van der Waals surface area contributed by atoms with Crippen molar-refractivity contribution in [3.05, 3.63) is 237 Å². The van der Waals surface area contributed by atoms with Gasteiger partial charge in [0.1, 0.15) is 34.5 Å². The third kappa shape index (κ3) is 6.00. The summed E-state index contributed by atoms with van der Waals surface area (Å²) in [5, 5.41) is 0. The Hall–Kier alpha value is -8.87. The van der Waals surface area contributed by atoms with Gasteiger partial charge < -0.3 is 28.9 Å². The summed E-state index contributed by atoms with van der Waals surface area (Å²) < 4.78 is 21.5. The second-order valence-corrected chi connectivity index (χ2v) is 17.6. The van der Waals surface area contributed by atoms with E-state index in [1.165, 1.54) is 5.46 Å². The van der Waals surface area contributed by atoms with E-state index in [0.29, 0.717) is 0 Å². The minimum atomic E-state index is -0.166. The van der Waals surface area contributed by atoms with E-state index in [1.807, 2.05) is 18.2 Å². The van der Waals surface area contributed by atoms with Crippen LogP contribution >= 0.6 is 0 Å². The van der Waals surface area contributed by atoms with Crippen LogP contribution in [-0.4, -0.2) is 13.4 Å². The van der Waals surface area contributed by atoms with Gasteiger partial charge in [0.25, 0.3) is 13.4 Å². The van der Waals surface area contributed by atoms with E-state index in [-0.39, 0.29) is 13.4 Å². The predicted octanol–water partition coefficient (Wildman–Crippen LogP) is 11.8. The lowest BCUT2D eigenvalue weighted by atomic mass is 9.32. The Labute approximate surface area is 395 Å². The molecular weight excluding hydrogens is 832 g/mol. The summed E-state index contributed by atoms with van der Waals surface area (Å²) in [4.78, 5) is 6.97. The number of rotatable bonds is 7. The second-order valence-electron chi connectivity index (χ2n) is 17.6.